The van der Waals surface area contributed by atoms with E-state index in [1.54, 1.807) is 19.2 Å². The molecule has 0 bridgehead atoms. The lowest BCUT2D eigenvalue weighted by molar-refractivity contribution is -0.140. The van der Waals surface area contributed by atoms with Crippen LogP contribution in [-0.4, -0.2) is 40.5 Å². The van der Waals surface area contributed by atoms with Gasteiger partial charge in [0, 0.05) is 49.1 Å². The van der Waals surface area contributed by atoms with Gasteiger partial charge in [0.1, 0.15) is 0 Å². The van der Waals surface area contributed by atoms with Crippen molar-refractivity contribution in [2.24, 2.45) is 0 Å². The number of fused-ring (bicyclic) bond motifs is 1. The van der Waals surface area contributed by atoms with Crippen LogP contribution in [0.4, 0.5) is 13.2 Å². The Bertz CT molecular complexity index is 1720. The predicted molar refractivity (Wildman–Crippen MR) is 159 cm³/mol. The minimum atomic E-state index is -4.49. The molecule has 0 aliphatic heterocycles. The number of allylic oxidation sites excluding steroid dienone is 1. The summed E-state index contributed by atoms with van der Waals surface area (Å²) < 4.78 is 41.6. The molecule has 0 unspecified atom stereocenters. The molecule has 8 heteroatoms. The zero-order valence-electron chi connectivity index (χ0n) is 23.9. The summed E-state index contributed by atoms with van der Waals surface area (Å²) in [4.78, 5) is 40.8. The highest BCUT2D eigenvalue weighted by Gasteiger charge is 2.31. The van der Waals surface area contributed by atoms with Gasteiger partial charge in [-0.15, -0.1) is 0 Å². The fraction of sp³-hybridized carbons (Fsp3) is 0.229. The normalized spacial score (nSPS) is 12.5. The van der Waals surface area contributed by atoms with Crippen LogP contribution >= 0.6 is 0 Å². The van der Waals surface area contributed by atoms with Crippen molar-refractivity contribution in [2.45, 2.75) is 38.9 Å². The van der Waals surface area contributed by atoms with Gasteiger partial charge >= 0.3 is 6.18 Å². The summed E-state index contributed by atoms with van der Waals surface area (Å²) in [6.07, 6.45) is -1.72. The summed E-state index contributed by atoms with van der Waals surface area (Å²) in [5, 5.41) is 0. The first-order chi connectivity index (χ1) is 20.5. The molecule has 1 aromatic heterocycles. The molecule has 0 spiro atoms. The SMILES string of the molecule is Cc1c(C(=O)Cc2cccc(C(F)(F)F)c2)cc(-c2ccccc2)n1CCCN(C)C(=O)C(=O)C1=CCc2ccccc21. The average Bonchev–Trinajstić information content (AvgIpc) is 3.58. The van der Waals surface area contributed by atoms with Crippen LogP contribution in [0.15, 0.2) is 91.0 Å². The standard InChI is InChI=1S/C35H31F3N2O3/c1-23-30(32(41)21-24-10-8-14-27(20-24)35(36,37)38)22-31(26-12-4-3-5-13-26)40(23)19-9-18-39(2)34(43)33(42)29-17-16-25-11-6-7-15-28(25)29/h3-8,10-15,17,20,22H,9,16,18-19,21H2,1-2H3. The molecule has 1 aliphatic carbocycles. The van der Waals surface area contributed by atoms with Crippen LogP contribution in [0.3, 0.4) is 0 Å². The molecule has 0 N–H and O–H groups in total. The molecule has 0 saturated heterocycles. The maximum Gasteiger partial charge on any atom is 0.416 e. The van der Waals surface area contributed by atoms with E-state index < -0.39 is 23.4 Å². The average molecular weight is 585 g/mol. The van der Waals surface area contributed by atoms with Gasteiger partial charge in [-0.3, -0.25) is 14.4 Å². The Kier molecular flexibility index (Phi) is 8.48. The minimum absolute atomic E-state index is 0.165. The van der Waals surface area contributed by atoms with Gasteiger partial charge in [-0.1, -0.05) is 78.9 Å². The molecule has 0 fully saturated rings. The first kappa shape index (κ1) is 29.8. The summed E-state index contributed by atoms with van der Waals surface area (Å²) in [6, 6.07) is 23.7. The Labute approximate surface area is 248 Å². The fourth-order valence-electron chi connectivity index (χ4n) is 5.56. The highest BCUT2D eigenvalue weighted by Crippen LogP contribution is 2.31. The molecule has 1 heterocycles. The molecule has 0 atom stereocenters. The molecule has 0 saturated carbocycles. The Hall–Kier alpha value is -4.72. The number of aromatic nitrogens is 1. The number of hydrogen-bond donors (Lipinski definition) is 0. The van der Waals surface area contributed by atoms with E-state index in [9.17, 15) is 27.6 Å². The third-order valence-electron chi connectivity index (χ3n) is 7.85. The van der Waals surface area contributed by atoms with Gasteiger partial charge in [0.15, 0.2) is 5.78 Å². The van der Waals surface area contributed by atoms with Crippen LogP contribution in [0.2, 0.25) is 0 Å². The van der Waals surface area contributed by atoms with Crippen molar-refractivity contribution >= 4 is 23.0 Å². The number of halogens is 3. The summed E-state index contributed by atoms with van der Waals surface area (Å²) in [5.74, 6) is -1.39. The molecule has 220 valence electrons. The Morgan fingerprint density at radius 3 is 2.37 bits per heavy atom. The molecule has 1 amide bonds. The lowest BCUT2D eigenvalue weighted by Crippen LogP contribution is -2.34. The smallest absolute Gasteiger partial charge is 0.344 e. The summed E-state index contributed by atoms with van der Waals surface area (Å²) in [6.45, 7) is 2.59. The number of hydrogen-bond acceptors (Lipinski definition) is 3. The van der Waals surface area contributed by atoms with Crippen molar-refractivity contribution in [3.05, 3.63) is 125 Å². The maximum atomic E-state index is 13.4. The second kappa shape index (κ2) is 12.3. The van der Waals surface area contributed by atoms with E-state index in [0.717, 1.165) is 34.5 Å². The Balaban J connectivity index is 1.31. The topological polar surface area (TPSA) is 59.4 Å². The van der Waals surface area contributed by atoms with Gasteiger partial charge in [0.25, 0.3) is 11.7 Å². The molecular weight excluding hydrogens is 553 g/mol. The van der Waals surface area contributed by atoms with E-state index in [4.69, 9.17) is 0 Å². The van der Waals surface area contributed by atoms with Crippen molar-refractivity contribution < 1.29 is 27.6 Å². The van der Waals surface area contributed by atoms with Crippen LogP contribution in [0.25, 0.3) is 16.8 Å². The minimum Gasteiger partial charge on any atom is -0.344 e. The number of Topliss-reactive ketones (excluding diaryl/α,β-unsaturated/α-hetero) is 2. The lowest BCUT2D eigenvalue weighted by Gasteiger charge is -2.18. The van der Waals surface area contributed by atoms with Crippen LogP contribution in [0.5, 0.6) is 0 Å². The van der Waals surface area contributed by atoms with E-state index in [2.05, 4.69) is 0 Å². The number of alkyl halides is 3. The van der Waals surface area contributed by atoms with Gasteiger partial charge in [0.2, 0.25) is 0 Å². The Morgan fingerprint density at radius 2 is 1.63 bits per heavy atom. The zero-order chi connectivity index (χ0) is 30.7. The molecular formula is C35H31F3N2O3. The van der Waals surface area contributed by atoms with Crippen molar-refractivity contribution in [1.82, 2.24) is 9.47 Å². The lowest BCUT2D eigenvalue weighted by atomic mass is 10.0. The number of amides is 1. The van der Waals surface area contributed by atoms with Gasteiger partial charge in [0.05, 0.1) is 5.56 Å². The second-order valence-electron chi connectivity index (χ2n) is 10.7. The quantitative estimate of drug-likeness (QED) is 0.150. The van der Waals surface area contributed by atoms with Crippen molar-refractivity contribution in [3.8, 4) is 11.3 Å². The van der Waals surface area contributed by atoms with Crippen LogP contribution in [0, 0.1) is 6.92 Å². The van der Waals surface area contributed by atoms with Crippen molar-refractivity contribution in [1.29, 1.82) is 0 Å². The first-order valence-electron chi connectivity index (χ1n) is 14.1. The molecule has 4 aromatic rings. The molecule has 3 aromatic carbocycles. The van der Waals surface area contributed by atoms with Crippen LogP contribution < -0.4 is 0 Å². The largest absolute Gasteiger partial charge is 0.416 e. The van der Waals surface area contributed by atoms with E-state index in [-0.39, 0.29) is 17.8 Å². The van der Waals surface area contributed by atoms with Gasteiger partial charge < -0.3 is 9.47 Å². The number of nitrogens with zero attached hydrogens (tertiary/aromatic N) is 2. The fourth-order valence-corrected chi connectivity index (χ4v) is 5.56. The number of carbonyl (C=O) groups is 3. The number of carbonyl (C=O) groups excluding carboxylic acids is 3. The van der Waals surface area contributed by atoms with E-state index >= 15 is 0 Å². The van der Waals surface area contributed by atoms with Gasteiger partial charge in [-0.05, 0) is 54.2 Å². The number of rotatable bonds is 10. The van der Waals surface area contributed by atoms with Crippen LogP contribution in [0.1, 0.15) is 44.7 Å². The molecule has 0 radical (unpaired) electrons. The molecule has 1 aliphatic rings. The summed E-state index contributed by atoms with van der Waals surface area (Å²) in [7, 11) is 1.60. The molecule has 5 nitrogen and oxygen atoms in total. The molecule has 5 rings (SSSR count). The van der Waals surface area contributed by atoms with Crippen molar-refractivity contribution in [3.63, 3.8) is 0 Å². The first-order valence-corrected chi connectivity index (χ1v) is 14.1. The summed E-state index contributed by atoms with van der Waals surface area (Å²) in [5.41, 5.74) is 4.56. The van der Waals surface area contributed by atoms with E-state index in [1.807, 2.05) is 66.1 Å². The predicted octanol–water partition coefficient (Wildman–Crippen LogP) is 6.97. The number of likely N-dealkylation sites (N-methyl/N-ethyl adjacent to an activating group) is 1. The molecule has 43 heavy (non-hydrogen) atoms. The van der Waals surface area contributed by atoms with Gasteiger partial charge in [-0.2, -0.15) is 13.2 Å². The maximum absolute atomic E-state index is 13.4. The van der Waals surface area contributed by atoms with Gasteiger partial charge in [-0.25, -0.2) is 0 Å². The Morgan fingerprint density at radius 1 is 0.907 bits per heavy atom. The van der Waals surface area contributed by atoms with Crippen molar-refractivity contribution in [2.75, 3.05) is 13.6 Å². The highest BCUT2D eigenvalue weighted by molar-refractivity contribution is 6.53. The zero-order valence-corrected chi connectivity index (χ0v) is 23.9. The van der Waals surface area contributed by atoms with Crippen LogP contribution in [-0.2, 0) is 35.2 Å². The second-order valence-corrected chi connectivity index (χ2v) is 10.7. The monoisotopic (exact) mass is 584 g/mol. The third-order valence-corrected chi connectivity index (χ3v) is 7.85. The van der Waals surface area contributed by atoms with E-state index in [1.165, 1.54) is 17.0 Å². The number of ketones is 2. The highest BCUT2D eigenvalue weighted by atomic mass is 19.4. The number of benzene rings is 3. The third kappa shape index (κ3) is 6.38. The summed E-state index contributed by atoms with van der Waals surface area (Å²) >= 11 is 0. The van der Waals surface area contributed by atoms with E-state index in [0.29, 0.717) is 42.8 Å².